The first-order chi connectivity index (χ1) is 10.6. The molecule has 1 aliphatic carbocycles. The molecule has 0 spiro atoms. The van der Waals surface area contributed by atoms with Crippen LogP contribution in [0.3, 0.4) is 0 Å². The van der Waals surface area contributed by atoms with Crippen LogP contribution in [0.1, 0.15) is 30.0 Å². The first-order valence-electron chi connectivity index (χ1n) is 7.37. The molecule has 6 heteroatoms. The lowest BCUT2D eigenvalue weighted by Gasteiger charge is -2.31. The highest BCUT2D eigenvalue weighted by atomic mass is 16.5. The summed E-state index contributed by atoms with van der Waals surface area (Å²) in [6.45, 7) is 0. The van der Waals surface area contributed by atoms with Gasteiger partial charge in [-0.3, -0.25) is 9.89 Å². The highest BCUT2D eigenvalue weighted by Crippen LogP contribution is 2.35. The molecule has 0 aliphatic heterocycles. The topological polar surface area (TPSA) is 93.0 Å². The van der Waals surface area contributed by atoms with Crippen molar-refractivity contribution in [3.8, 4) is 5.75 Å². The molecule has 6 nitrogen and oxygen atoms in total. The van der Waals surface area contributed by atoms with Crippen molar-refractivity contribution in [2.45, 2.75) is 31.2 Å². The van der Waals surface area contributed by atoms with Crippen LogP contribution in [0.15, 0.2) is 30.3 Å². The van der Waals surface area contributed by atoms with E-state index in [0.717, 1.165) is 29.8 Å². The minimum absolute atomic E-state index is 0.0893. The summed E-state index contributed by atoms with van der Waals surface area (Å²) in [4.78, 5) is 12.0. The Morgan fingerprint density at radius 3 is 2.77 bits per heavy atom. The van der Waals surface area contributed by atoms with Crippen molar-refractivity contribution < 1.29 is 9.53 Å². The fraction of sp³-hybridized carbons (Fsp3) is 0.375. The van der Waals surface area contributed by atoms with E-state index >= 15 is 0 Å². The van der Waals surface area contributed by atoms with Gasteiger partial charge in [-0.15, -0.1) is 0 Å². The fourth-order valence-corrected chi connectivity index (χ4v) is 2.64. The molecule has 0 unspecified atom stereocenters. The summed E-state index contributed by atoms with van der Waals surface area (Å²) in [6.07, 6.45) is 2.25. The molecule has 1 aromatic heterocycles. The SMILES string of the molecule is COc1ccc(CC(=O)Nc2cc(C3CC(N)C3)[nH]n2)cc1. The Morgan fingerprint density at radius 2 is 2.14 bits per heavy atom. The van der Waals surface area contributed by atoms with E-state index in [1.54, 1.807) is 7.11 Å². The van der Waals surface area contributed by atoms with Crippen LogP contribution in [0.2, 0.25) is 0 Å². The van der Waals surface area contributed by atoms with E-state index in [9.17, 15) is 4.79 Å². The number of nitrogens with one attached hydrogen (secondary N) is 2. The van der Waals surface area contributed by atoms with Crippen LogP contribution in [0, 0.1) is 0 Å². The zero-order valence-corrected chi connectivity index (χ0v) is 12.5. The predicted molar refractivity (Wildman–Crippen MR) is 83.9 cm³/mol. The molecule has 2 aromatic rings. The molecule has 116 valence electrons. The third-order valence-electron chi connectivity index (χ3n) is 4.00. The highest BCUT2D eigenvalue weighted by molar-refractivity contribution is 5.91. The second-order valence-electron chi connectivity index (χ2n) is 5.71. The molecule has 1 aliphatic rings. The minimum atomic E-state index is -0.0893. The molecule has 0 saturated heterocycles. The van der Waals surface area contributed by atoms with Crippen molar-refractivity contribution in [3.05, 3.63) is 41.6 Å². The summed E-state index contributed by atoms with van der Waals surface area (Å²) >= 11 is 0. The molecule has 0 bridgehead atoms. The van der Waals surface area contributed by atoms with Gasteiger partial charge in [0.1, 0.15) is 5.75 Å². The molecule has 1 heterocycles. The number of rotatable bonds is 5. The Morgan fingerprint density at radius 1 is 1.41 bits per heavy atom. The number of ether oxygens (including phenoxy) is 1. The van der Waals surface area contributed by atoms with E-state index in [2.05, 4.69) is 15.5 Å². The predicted octanol–water partition coefficient (Wildman–Crippen LogP) is 1.80. The van der Waals surface area contributed by atoms with Crippen LogP contribution in [-0.2, 0) is 11.2 Å². The van der Waals surface area contributed by atoms with Gasteiger partial charge in [0.15, 0.2) is 5.82 Å². The van der Waals surface area contributed by atoms with Gasteiger partial charge >= 0.3 is 0 Å². The maximum absolute atomic E-state index is 12.0. The molecule has 3 rings (SSSR count). The molecule has 1 fully saturated rings. The van der Waals surface area contributed by atoms with Crippen molar-refractivity contribution in [1.29, 1.82) is 0 Å². The summed E-state index contributed by atoms with van der Waals surface area (Å²) in [5.74, 6) is 1.69. The number of hydrogen-bond acceptors (Lipinski definition) is 4. The first-order valence-corrected chi connectivity index (χ1v) is 7.37. The van der Waals surface area contributed by atoms with Gasteiger partial charge < -0.3 is 15.8 Å². The van der Waals surface area contributed by atoms with Crippen molar-refractivity contribution in [2.75, 3.05) is 12.4 Å². The molecule has 1 aromatic carbocycles. The van der Waals surface area contributed by atoms with E-state index in [1.807, 2.05) is 30.3 Å². The Balaban J connectivity index is 1.55. The zero-order chi connectivity index (χ0) is 15.5. The molecule has 4 N–H and O–H groups in total. The number of methoxy groups -OCH3 is 1. The van der Waals surface area contributed by atoms with Gasteiger partial charge in [-0.25, -0.2) is 0 Å². The van der Waals surface area contributed by atoms with Gasteiger partial charge in [0.2, 0.25) is 5.91 Å². The van der Waals surface area contributed by atoms with Gasteiger partial charge in [0.05, 0.1) is 13.5 Å². The second-order valence-corrected chi connectivity index (χ2v) is 5.71. The lowest BCUT2D eigenvalue weighted by atomic mass is 9.79. The van der Waals surface area contributed by atoms with Crippen LogP contribution >= 0.6 is 0 Å². The van der Waals surface area contributed by atoms with E-state index < -0.39 is 0 Å². The number of hydrogen-bond donors (Lipinski definition) is 3. The van der Waals surface area contributed by atoms with Gasteiger partial charge in [0, 0.05) is 23.7 Å². The van der Waals surface area contributed by atoms with E-state index in [4.69, 9.17) is 10.5 Å². The Labute approximate surface area is 129 Å². The summed E-state index contributed by atoms with van der Waals surface area (Å²) < 4.78 is 5.10. The van der Waals surface area contributed by atoms with E-state index in [-0.39, 0.29) is 5.91 Å². The molecule has 0 radical (unpaired) electrons. The van der Waals surface area contributed by atoms with E-state index in [1.165, 1.54) is 0 Å². The first kappa shape index (κ1) is 14.6. The summed E-state index contributed by atoms with van der Waals surface area (Å²) in [7, 11) is 1.62. The van der Waals surface area contributed by atoms with Gasteiger partial charge in [-0.2, -0.15) is 5.10 Å². The fourth-order valence-electron chi connectivity index (χ4n) is 2.64. The van der Waals surface area contributed by atoms with Crippen molar-refractivity contribution in [3.63, 3.8) is 0 Å². The van der Waals surface area contributed by atoms with Crippen molar-refractivity contribution in [2.24, 2.45) is 5.73 Å². The zero-order valence-electron chi connectivity index (χ0n) is 12.5. The smallest absolute Gasteiger partial charge is 0.229 e. The monoisotopic (exact) mass is 300 g/mol. The summed E-state index contributed by atoms with van der Waals surface area (Å²) in [5.41, 5.74) is 7.76. The normalized spacial score (nSPS) is 20.3. The molecule has 22 heavy (non-hydrogen) atoms. The van der Waals surface area contributed by atoms with E-state index in [0.29, 0.717) is 24.2 Å². The van der Waals surface area contributed by atoms with Gasteiger partial charge in [0.25, 0.3) is 0 Å². The number of H-pyrrole nitrogens is 1. The number of benzene rings is 1. The minimum Gasteiger partial charge on any atom is -0.497 e. The standard InChI is InChI=1S/C16H20N4O2/c1-22-13-4-2-10(3-5-13)6-16(21)18-15-9-14(19-20-15)11-7-12(17)8-11/h2-5,9,11-12H,6-8,17H2,1H3,(H2,18,19,20,21). The third kappa shape index (κ3) is 3.28. The number of nitrogens with two attached hydrogens (primary N) is 1. The average molecular weight is 300 g/mol. The lowest BCUT2D eigenvalue weighted by molar-refractivity contribution is -0.115. The van der Waals surface area contributed by atoms with Gasteiger partial charge in [-0.1, -0.05) is 12.1 Å². The number of carbonyl (C=O) groups excluding carboxylic acids is 1. The number of aromatic nitrogens is 2. The molecule has 1 amide bonds. The Bertz CT molecular complexity index is 644. The highest BCUT2D eigenvalue weighted by Gasteiger charge is 2.28. The second kappa shape index (κ2) is 6.19. The van der Waals surface area contributed by atoms with Crippen molar-refractivity contribution in [1.82, 2.24) is 10.2 Å². The number of nitrogens with zero attached hydrogens (tertiary/aromatic N) is 1. The van der Waals surface area contributed by atoms with Gasteiger partial charge in [-0.05, 0) is 30.5 Å². The third-order valence-corrected chi connectivity index (χ3v) is 4.00. The number of amides is 1. The van der Waals surface area contributed by atoms with Crippen LogP contribution in [0.4, 0.5) is 5.82 Å². The maximum atomic E-state index is 12.0. The number of anilines is 1. The van der Waals surface area contributed by atoms with Crippen LogP contribution < -0.4 is 15.8 Å². The van der Waals surface area contributed by atoms with Crippen LogP contribution in [-0.4, -0.2) is 29.3 Å². The molecular formula is C16H20N4O2. The quantitative estimate of drug-likeness (QED) is 0.785. The summed E-state index contributed by atoms with van der Waals surface area (Å²) in [6, 6.07) is 9.63. The van der Waals surface area contributed by atoms with Crippen LogP contribution in [0.25, 0.3) is 0 Å². The Kier molecular flexibility index (Phi) is 4.11. The molecule has 1 saturated carbocycles. The number of carbonyl (C=O) groups is 1. The molecular weight excluding hydrogens is 280 g/mol. The molecule has 0 atom stereocenters. The lowest BCUT2D eigenvalue weighted by Crippen LogP contribution is -2.34. The summed E-state index contributed by atoms with van der Waals surface area (Å²) in [5, 5.41) is 9.92. The number of aromatic amines is 1. The Hall–Kier alpha value is -2.34. The largest absolute Gasteiger partial charge is 0.497 e. The van der Waals surface area contributed by atoms with Crippen LogP contribution in [0.5, 0.6) is 5.75 Å². The average Bonchev–Trinajstić information content (AvgIpc) is 2.92. The maximum Gasteiger partial charge on any atom is 0.229 e. The van der Waals surface area contributed by atoms with Crippen molar-refractivity contribution >= 4 is 11.7 Å².